The highest BCUT2D eigenvalue weighted by Gasteiger charge is 2.75. The fourth-order valence-electron chi connectivity index (χ4n) is 3.31. The highest BCUT2D eigenvalue weighted by atomic mass is 79.9. The number of hydrogen-bond acceptors (Lipinski definition) is 3. The Morgan fingerprint density at radius 1 is 1.25 bits per heavy atom. The Kier molecular flexibility index (Phi) is 2.83. The van der Waals surface area contributed by atoms with Gasteiger partial charge in [-0.1, -0.05) is 15.9 Å². The van der Waals surface area contributed by atoms with Gasteiger partial charge in [0.1, 0.15) is 5.75 Å². The number of phenolic OH excluding ortho intramolecular Hbond substituents is 1. The summed E-state index contributed by atoms with van der Waals surface area (Å²) >= 11 is 3.31. The summed E-state index contributed by atoms with van der Waals surface area (Å²) in [5.41, 5.74) is -0.498. The number of nitrogens with one attached hydrogen (secondary N) is 1. The predicted octanol–water partition coefficient (Wildman–Crippen LogP) is 2.03. The Morgan fingerprint density at radius 2 is 1.90 bits per heavy atom. The van der Waals surface area contributed by atoms with Gasteiger partial charge < -0.3 is 15.5 Å². The van der Waals surface area contributed by atoms with Crippen molar-refractivity contribution in [2.45, 2.75) is 25.8 Å². The first-order valence-electron chi connectivity index (χ1n) is 6.36. The zero-order chi connectivity index (χ0) is 14.5. The lowest BCUT2D eigenvalue weighted by Crippen LogP contribution is -2.70. The van der Waals surface area contributed by atoms with Gasteiger partial charge in [0.15, 0.2) is 0 Å². The third-order valence-corrected chi connectivity index (χ3v) is 4.94. The van der Waals surface area contributed by atoms with Crippen molar-refractivity contribution < 1.29 is 19.8 Å². The van der Waals surface area contributed by atoms with E-state index in [-0.39, 0.29) is 18.2 Å². The molecule has 0 heterocycles. The van der Waals surface area contributed by atoms with Crippen LogP contribution in [0.25, 0.3) is 0 Å². The van der Waals surface area contributed by atoms with Crippen LogP contribution < -0.4 is 5.32 Å². The van der Waals surface area contributed by atoms with Crippen LogP contribution in [0.1, 0.15) is 24.8 Å². The van der Waals surface area contributed by atoms with E-state index in [1.54, 1.807) is 18.2 Å². The lowest BCUT2D eigenvalue weighted by Gasteiger charge is -2.66. The van der Waals surface area contributed by atoms with Crippen LogP contribution in [0.2, 0.25) is 0 Å². The summed E-state index contributed by atoms with van der Waals surface area (Å²) in [6, 6.07) is 5.03. The maximum atomic E-state index is 12.1. The monoisotopic (exact) mass is 339 g/mol. The molecule has 3 aliphatic rings. The molecule has 5 nitrogen and oxygen atoms in total. The molecule has 0 radical (unpaired) electrons. The molecule has 0 saturated heterocycles. The number of benzene rings is 1. The van der Waals surface area contributed by atoms with Crippen molar-refractivity contribution in [2.75, 3.05) is 0 Å². The van der Waals surface area contributed by atoms with E-state index in [1.807, 2.05) is 0 Å². The SMILES string of the molecule is O=C(O)C12CC(C(=O)NCc3cc(Br)ccc3O)(C1)C2. The largest absolute Gasteiger partial charge is 0.508 e. The molecule has 1 amide bonds. The number of rotatable bonds is 4. The Labute approximate surface area is 124 Å². The standard InChI is InChI=1S/C14H14BrNO4/c15-9-1-2-10(17)8(3-9)4-16-11(18)13-5-14(6-13,7-13)12(19)20/h1-3,17H,4-7H2,(H,16,18)(H,19,20). The van der Waals surface area contributed by atoms with Crippen molar-refractivity contribution in [3.8, 4) is 5.75 Å². The Bertz CT molecular complexity index is 593. The molecule has 20 heavy (non-hydrogen) atoms. The summed E-state index contributed by atoms with van der Waals surface area (Å²) in [6.45, 7) is 0.242. The van der Waals surface area contributed by atoms with Gasteiger partial charge in [-0.25, -0.2) is 0 Å². The van der Waals surface area contributed by atoms with Crippen LogP contribution in [0.4, 0.5) is 0 Å². The molecule has 0 atom stereocenters. The minimum Gasteiger partial charge on any atom is -0.508 e. The van der Waals surface area contributed by atoms with Crippen LogP contribution in [0.15, 0.2) is 22.7 Å². The number of carbonyl (C=O) groups is 2. The average Bonchev–Trinajstić information content (AvgIpc) is 2.26. The molecular weight excluding hydrogens is 326 g/mol. The normalized spacial score (nSPS) is 30.1. The van der Waals surface area contributed by atoms with Gasteiger partial charge in [0.05, 0.1) is 10.8 Å². The molecule has 0 unspecified atom stereocenters. The maximum Gasteiger partial charge on any atom is 0.309 e. The Morgan fingerprint density at radius 3 is 2.50 bits per heavy atom. The molecule has 0 spiro atoms. The molecule has 4 rings (SSSR count). The van der Waals surface area contributed by atoms with E-state index >= 15 is 0 Å². The van der Waals surface area contributed by atoms with E-state index in [0.29, 0.717) is 24.8 Å². The molecule has 3 saturated carbocycles. The summed E-state index contributed by atoms with van der Waals surface area (Å²) < 4.78 is 0.829. The minimum absolute atomic E-state index is 0.111. The number of phenols is 1. The molecule has 2 bridgehead atoms. The van der Waals surface area contributed by atoms with Gasteiger partial charge in [0.25, 0.3) is 0 Å². The summed E-state index contributed by atoms with van der Waals surface area (Å²) in [6.07, 6.45) is 1.31. The summed E-state index contributed by atoms with van der Waals surface area (Å²) in [5, 5.41) is 21.5. The molecule has 3 fully saturated rings. The molecule has 106 valence electrons. The number of aromatic hydroxyl groups is 1. The van der Waals surface area contributed by atoms with Crippen LogP contribution in [-0.2, 0) is 16.1 Å². The van der Waals surface area contributed by atoms with Crippen molar-refractivity contribution in [3.05, 3.63) is 28.2 Å². The maximum absolute atomic E-state index is 12.1. The first-order chi connectivity index (χ1) is 9.37. The van der Waals surface area contributed by atoms with Crippen LogP contribution in [0, 0.1) is 10.8 Å². The number of aliphatic carboxylic acids is 1. The lowest BCUT2D eigenvalue weighted by molar-refractivity contribution is -0.220. The van der Waals surface area contributed by atoms with E-state index in [4.69, 9.17) is 5.11 Å². The first kappa shape index (κ1) is 13.4. The van der Waals surface area contributed by atoms with Crippen LogP contribution in [0.3, 0.4) is 0 Å². The number of amides is 1. The van der Waals surface area contributed by atoms with Crippen LogP contribution in [-0.4, -0.2) is 22.1 Å². The van der Waals surface area contributed by atoms with E-state index in [1.165, 1.54) is 0 Å². The smallest absolute Gasteiger partial charge is 0.309 e. The quantitative estimate of drug-likeness (QED) is 0.783. The van der Waals surface area contributed by atoms with E-state index in [9.17, 15) is 14.7 Å². The third-order valence-electron chi connectivity index (χ3n) is 4.45. The average molecular weight is 340 g/mol. The predicted molar refractivity (Wildman–Crippen MR) is 74.0 cm³/mol. The molecular formula is C14H14BrNO4. The van der Waals surface area contributed by atoms with Crippen LogP contribution >= 0.6 is 15.9 Å². The number of carboxylic acids is 1. The Balaban J connectivity index is 1.60. The second-order valence-corrected chi connectivity index (χ2v) is 6.77. The van der Waals surface area contributed by atoms with Gasteiger partial charge in [0, 0.05) is 16.6 Å². The van der Waals surface area contributed by atoms with Gasteiger partial charge in [-0.15, -0.1) is 0 Å². The highest BCUT2D eigenvalue weighted by Crippen LogP contribution is 2.73. The van der Waals surface area contributed by atoms with E-state index in [0.717, 1.165) is 4.47 Å². The second-order valence-electron chi connectivity index (χ2n) is 5.85. The number of halogens is 1. The molecule has 3 aliphatic carbocycles. The molecule has 6 heteroatoms. The van der Waals surface area contributed by atoms with Crippen molar-refractivity contribution in [1.82, 2.24) is 5.32 Å². The molecule has 3 N–H and O–H groups in total. The van der Waals surface area contributed by atoms with Gasteiger partial charge >= 0.3 is 5.97 Å². The first-order valence-corrected chi connectivity index (χ1v) is 7.15. The van der Waals surface area contributed by atoms with E-state index in [2.05, 4.69) is 21.2 Å². The molecule has 0 aromatic heterocycles. The number of carbonyl (C=O) groups excluding carboxylic acids is 1. The lowest BCUT2D eigenvalue weighted by atomic mass is 9.35. The topological polar surface area (TPSA) is 86.6 Å². The van der Waals surface area contributed by atoms with Crippen molar-refractivity contribution in [2.24, 2.45) is 10.8 Å². The van der Waals surface area contributed by atoms with Crippen molar-refractivity contribution in [1.29, 1.82) is 0 Å². The zero-order valence-corrected chi connectivity index (χ0v) is 12.2. The van der Waals surface area contributed by atoms with Gasteiger partial charge in [0.2, 0.25) is 5.91 Å². The Hall–Kier alpha value is -1.56. The summed E-state index contributed by atoms with van der Waals surface area (Å²) in [4.78, 5) is 23.1. The van der Waals surface area contributed by atoms with Gasteiger partial charge in [-0.05, 0) is 37.5 Å². The van der Waals surface area contributed by atoms with E-state index < -0.39 is 16.8 Å². The fraction of sp³-hybridized carbons (Fsp3) is 0.429. The third kappa shape index (κ3) is 1.82. The summed E-state index contributed by atoms with van der Waals surface area (Å²) in [7, 11) is 0. The summed E-state index contributed by atoms with van der Waals surface area (Å²) in [5.74, 6) is -0.773. The molecule has 1 aromatic rings. The van der Waals surface area contributed by atoms with Gasteiger partial charge in [-0.3, -0.25) is 9.59 Å². The number of carboxylic acid groups (broad SMARTS) is 1. The van der Waals surface area contributed by atoms with Gasteiger partial charge in [-0.2, -0.15) is 0 Å². The fourth-order valence-corrected chi connectivity index (χ4v) is 3.72. The van der Waals surface area contributed by atoms with Crippen molar-refractivity contribution in [3.63, 3.8) is 0 Å². The zero-order valence-electron chi connectivity index (χ0n) is 10.6. The minimum atomic E-state index is -0.795. The van der Waals surface area contributed by atoms with Crippen LogP contribution in [0.5, 0.6) is 5.75 Å². The second kappa shape index (κ2) is 4.22. The van der Waals surface area contributed by atoms with Crippen molar-refractivity contribution >= 4 is 27.8 Å². The molecule has 0 aliphatic heterocycles. The molecule has 1 aromatic carbocycles. The highest BCUT2D eigenvalue weighted by molar-refractivity contribution is 9.10. The number of hydrogen-bond donors (Lipinski definition) is 3.